The quantitative estimate of drug-likeness (QED) is 0.273. The third kappa shape index (κ3) is 4.19. The topological polar surface area (TPSA) is 61.9 Å². The van der Waals surface area contributed by atoms with Crippen LogP contribution >= 0.6 is 15.9 Å². The van der Waals surface area contributed by atoms with Gasteiger partial charge in [0.15, 0.2) is 0 Å². The Kier molecular flexibility index (Phi) is 5.79. The van der Waals surface area contributed by atoms with Gasteiger partial charge in [0, 0.05) is 16.2 Å². The molecule has 0 unspecified atom stereocenters. The van der Waals surface area contributed by atoms with E-state index in [1.54, 1.807) is 6.92 Å². The number of hydrogen-bond acceptors (Lipinski definition) is 4. The lowest BCUT2D eigenvalue weighted by atomic mass is 10.1. The molecule has 7 heteroatoms. The van der Waals surface area contributed by atoms with E-state index in [1.807, 2.05) is 94.3 Å². The minimum absolute atomic E-state index is 0.0694. The number of esters is 1. The fraction of sp³-hybridized carbons (Fsp3) is 0.115. The Hall–Kier alpha value is -3.71. The molecule has 0 radical (unpaired) electrons. The van der Waals surface area contributed by atoms with Gasteiger partial charge in [0.1, 0.15) is 18.1 Å². The number of imidazole rings is 1. The van der Waals surface area contributed by atoms with Crippen molar-refractivity contribution >= 4 is 32.9 Å². The summed E-state index contributed by atoms with van der Waals surface area (Å²) in [4.78, 5) is 17.4. The zero-order chi connectivity index (χ0) is 22.8. The van der Waals surface area contributed by atoms with Crippen LogP contribution in [0.2, 0.25) is 0 Å². The van der Waals surface area contributed by atoms with E-state index in [2.05, 4.69) is 15.9 Å². The molecule has 0 aliphatic carbocycles. The predicted octanol–water partition coefficient (Wildman–Crippen LogP) is 5.88. The van der Waals surface area contributed by atoms with E-state index in [1.165, 1.54) is 0 Å². The predicted molar refractivity (Wildman–Crippen MR) is 132 cm³/mol. The number of halogens is 1. The van der Waals surface area contributed by atoms with Crippen molar-refractivity contribution in [2.24, 2.45) is 0 Å². The van der Waals surface area contributed by atoms with E-state index in [4.69, 9.17) is 14.8 Å². The van der Waals surface area contributed by atoms with Crippen molar-refractivity contribution in [2.75, 3.05) is 6.61 Å². The van der Waals surface area contributed by atoms with Gasteiger partial charge >= 0.3 is 5.97 Å². The van der Waals surface area contributed by atoms with E-state index in [0.29, 0.717) is 12.4 Å². The van der Waals surface area contributed by atoms with Crippen molar-refractivity contribution in [3.8, 4) is 28.3 Å². The number of rotatable bonds is 6. The maximum atomic E-state index is 12.5. The van der Waals surface area contributed by atoms with Crippen LogP contribution in [0.1, 0.15) is 6.92 Å². The van der Waals surface area contributed by atoms with Gasteiger partial charge in [0.2, 0.25) is 0 Å². The molecule has 2 aromatic heterocycles. The second-order valence-corrected chi connectivity index (χ2v) is 8.41. The number of carbonyl (C=O) groups excluding carboxylic acids is 1. The maximum absolute atomic E-state index is 12.5. The summed E-state index contributed by atoms with van der Waals surface area (Å²) < 4.78 is 9.99. The first-order chi connectivity index (χ1) is 16.1. The zero-order valence-corrected chi connectivity index (χ0v) is 19.6. The third-order valence-electron chi connectivity index (χ3n) is 5.34. The Balaban J connectivity index is 1.74. The fourth-order valence-electron chi connectivity index (χ4n) is 3.85. The number of carbonyl (C=O) groups is 1. The lowest BCUT2D eigenvalue weighted by molar-refractivity contribution is -0.143. The molecule has 33 heavy (non-hydrogen) atoms. The summed E-state index contributed by atoms with van der Waals surface area (Å²) in [5.74, 6) is 0.367. The van der Waals surface area contributed by atoms with Crippen molar-refractivity contribution < 1.29 is 9.53 Å². The Morgan fingerprint density at radius 1 is 0.970 bits per heavy atom. The SMILES string of the molecule is CCOC(=O)Cn1c(-c2cn(-c3ccccc3)nc2-c2ccc(Br)cc2)nc2ccccc21. The average molecular weight is 501 g/mol. The van der Waals surface area contributed by atoms with Crippen LogP contribution < -0.4 is 0 Å². The van der Waals surface area contributed by atoms with Crippen LogP contribution in [0, 0.1) is 0 Å². The summed E-state index contributed by atoms with van der Waals surface area (Å²) in [6.07, 6.45) is 1.97. The zero-order valence-electron chi connectivity index (χ0n) is 18.0. The van der Waals surface area contributed by atoms with E-state index in [-0.39, 0.29) is 12.5 Å². The van der Waals surface area contributed by atoms with Crippen LogP contribution in [0.4, 0.5) is 0 Å². The number of ether oxygens (including phenoxy) is 1. The summed E-state index contributed by atoms with van der Waals surface area (Å²) in [5, 5.41) is 4.92. The standard InChI is InChI=1S/C26H21BrN4O2/c1-2-33-24(32)17-30-23-11-7-6-10-22(23)28-26(30)21-16-31(20-8-4-3-5-9-20)29-25(21)18-12-14-19(27)15-13-18/h3-16H,2,17H2,1H3. The molecule has 0 aliphatic rings. The van der Waals surface area contributed by atoms with Gasteiger partial charge in [-0.1, -0.05) is 58.4 Å². The molecule has 0 bridgehead atoms. The van der Waals surface area contributed by atoms with Gasteiger partial charge in [-0.2, -0.15) is 5.10 Å². The summed E-state index contributed by atoms with van der Waals surface area (Å²) in [6, 6.07) is 25.7. The molecule has 164 valence electrons. The highest BCUT2D eigenvalue weighted by molar-refractivity contribution is 9.10. The molecule has 0 spiro atoms. The van der Waals surface area contributed by atoms with Gasteiger partial charge in [-0.15, -0.1) is 0 Å². The molecule has 0 aliphatic heterocycles. The first kappa shape index (κ1) is 21.2. The molecule has 0 atom stereocenters. The highest BCUT2D eigenvalue weighted by atomic mass is 79.9. The van der Waals surface area contributed by atoms with E-state index >= 15 is 0 Å². The molecule has 6 nitrogen and oxygen atoms in total. The van der Waals surface area contributed by atoms with Crippen LogP contribution in [-0.4, -0.2) is 31.9 Å². The van der Waals surface area contributed by atoms with Crippen molar-refractivity contribution in [3.63, 3.8) is 0 Å². The first-order valence-corrected chi connectivity index (χ1v) is 11.5. The third-order valence-corrected chi connectivity index (χ3v) is 5.87. The smallest absolute Gasteiger partial charge is 0.326 e. The normalized spacial score (nSPS) is 11.1. The molecule has 0 saturated heterocycles. The summed E-state index contributed by atoms with van der Waals surface area (Å²) in [6.45, 7) is 2.21. The number of fused-ring (bicyclic) bond motifs is 1. The van der Waals surface area contributed by atoms with Gasteiger partial charge in [0.05, 0.1) is 28.9 Å². The number of hydrogen-bond donors (Lipinski definition) is 0. The minimum atomic E-state index is -0.303. The Labute approximate surface area is 199 Å². The van der Waals surface area contributed by atoms with Gasteiger partial charge in [-0.3, -0.25) is 4.79 Å². The largest absolute Gasteiger partial charge is 0.465 e. The molecule has 0 N–H and O–H groups in total. The van der Waals surface area contributed by atoms with Crippen LogP contribution in [0.25, 0.3) is 39.4 Å². The van der Waals surface area contributed by atoms with E-state index in [0.717, 1.165) is 38.0 Å². The lowest BCUT2D eigenvalue weighted by Crippen LogP contribution is -2.14. The Morgan fingerprint density at radius 2 is 1.70 bits per heavy atom. The monoisotopic (exact) mass is 500 g/mol. The number of aromatic nitrogens is 4. The van der Waals surface area contributed by atoms with E-state index in [9.17, 15) is 4.79 Å². The highest BCUT2D eigenvalue weighted by Gasteiger charge is 2.22. The van der Waals surface area contributed by atoms with Gasteiger partial charge in [-0.25, -0.2) is 9.67 Å². The fourth-order valence-corrected chi connectivity index (χ4v) is 4.11. The van der Waals surface area contributed by atoms with Crippen LogP contribution in [-0.2, 0) is 16.1 Å². The Bertz CT molecular complexity index is 1420. The Morgan fingerprint density at radius 3 is 2.45 bits per heavy atom. The second-order valence-electron chi connectivity index (χ2n) is 7.49. The van der Waals surface area contributed by atoms with Crippen LogP contribution in [0.15, 0.2) is 89.5 Å². The first-order valence-electron chi connectivity index (χ1n) is 10.7. The minimum Gasteiger partial charge on any atom is -0.465 e. The van der Waals surface area contributed by atoms with Crippen LogP contribution in [0.3, 0.4) is 0 Å². The molecular weight excluding hydrogens is 480 g/mol. The second kappa shape index (κ2) is 9.03. The summed E-state index contributed by atoms with van der Waals surface area (Å²) in [5.41, 5.74) is 5.20. The molecule has 0 saturated carbocycles. The van der Waals surface area contributed by atoms with Crippen LogP contribution in [0.5, 0.6) is 0 Å². The molecule has 3 aromatic carbocycles. The highest BCUT2D eigenvalue weighted by Crippen LogP contribution is 2.34. The van der Waals surface area contributed by atoms with Gasteiger partial charge < -0.3 is 9.30 Å². The van der Waals surface area contributed by atoms with Crippen molar-refractivity contribution in [1.29, 1.82) is 0 Å². The van der Waals surface area contributed by atoms with Gasteiger partial charge in [0.25, 0.3) is 0 Å². The average Bonchev–Trinajstić information content (AvgIpc) is 3.43. The lowest BCUT2D eigenvalue weighted by Gasteiger charge is -2.09. The molecule has 5 rings (SSSR count). The molecule has 5 aromatic rings. The van der Waals surface area contributed by atoms with Crippen molar-refractivity contribution in [3.05, 3.63) is 89.5 Å². The molecule has 0 amide bonds. The molecule has 0 fully saturated rings. The number of para-hydroxylation sites is 3. The molecule has 2 heterocycles. The molecular formula is C26H21BrN4O2. The number of nitrogens with zero attached hydrogens (tertiary/aromatic N) is 4. The van der Waals surface area contributed by atoms with Gasteiger partial charge in [-0.05, 0) is 43.3 Å². The van der Waals surface area contributed by atoms with E-state index < -0.39 is 0 Å². The summed E-state index contributed by atoms with van der Waals surface area (Å²) in [7, 11) is 0. The van der Waals surface area contributed by atoms with Crippen molar-refractivity contribution in [2.45, 2.75) is 13.5 Å². The number of benzene rings is 3. The van der Waals surface area contributed by atoms with Crippen molar-refractivity contribution in [1.82, 2.24) is 19.3 Å². The summed E-state index contributed by atoms with van der Waals surface area (Å²) >= 11 is 3.51. The maximum Gasteiger partial charge on any atom is 0.326 e.